The molecule has 3 rings (SSSR count). The summed E-state index contributed by atoms with van der Waals surface area (Å²) in [6.45, 7) is 2.22. The average molecular weight is 448 g/mol. The lowest BCUT2D eigenvalue weighted by molar-refractivity contribution is -0.119. The summed E-state index contributed by atoms with van der Waals surface area (Å²) >= 11 is 0. The molecule has 1 amide bonds. The lowest BCUT2D eigenvalue weighted by atomic mass is 10.1. The van der Waals surface area contributed by atoms with Crippen molar-refractivity contribution in [1.82, 2.24) is 5.32 Å². The van der Waals surface area contributed by atoms with Crippen LogP contribution in [0.25, 0.3) is 0 Å². The van der Waals surface area contributed by atoms with Crippen molar-refractivity contribution >= 4 is 27.4 Å². The van der Waals surface area contributed by atoms with Gasteiger partial charge in [0.2, 0.25) is 5.91 Å². The molecule has 1 aliphatic rings. The molecule has 0 aromatic heterocycles. The minimum Gasteiger partial charge on any atom is -0.486 e. The lowest BCUT2D eigenvalue weighted by Gasteiger charge is -2.25. The van der Waals surface area contributed by atoms with Crippen LogP contribution < -0.4 is 19.1 Å². The Balaban J connectivity index is 1.95. The largest absolute Gasteiger partial charge is 0.486 e. The molecule has 31 heavy (non-hydrogen) atoms. The number of nitrogens with one attached hydrogen (secondary N) is 1. The summed E-state index contributed by atoms with van der Waals surface area (Å²) in [6.07, 6.45) is 0. The van der Waals surface area contributed by atoms with E-state index < -0.39 is 22.5 Å². The highest BCUT2D eigenvalue weighted by molar-refractivity contribution is 7.92. The Morgan fingerprint density at radius 1 is 1.06 bits per heavy atom. The van der Waals surface area contributed by atoms with Gasteiger partial charge in [0.15, 0.2) is 17.3 Å². The second-order valence-corrected chi connectivity index (χ2v) is 8.63. The maximum atomic E-state index is 13.5. The molecule has 1 aliphatic heterocycles. The number of rotatable bonds is 9. The number of nitrogens with zero attached hydrogens (tertiary/aromatic N) is 1. The summed E-state index contributed by atoms with van der Waals surface area (Å²) in [4.78, 5) is 23.9. The Morgan fingerprint density at radius 3 is 2.39 bits per heavy atom. The summed E-state index contributed by atoms with van der Waals surface area (Å²) in [6, 6.07) is 10.3. The zero-order chi connectivity index (χ0) is 22.4. The summed E-state index contributed by atoms with van der Waals surface area (Å²) in [5.74, 6) is 0.141. The van der Waals surface area contributed by atoms with Gasteiger partial charge < -0.3 is 19.5 Å². The van der Waals surface area contributed by atoms with E-state index in [4.69, 9.17) is 14.2 Å². The number of hydrogen-bond acceptors (Lipinski definition) is 7. The fraction of sp³-hybridized carbons (Fsp3) is 0.333. The predicted octanol–water partition coefficient (Wildman–Crippen LogP) is 1.62. The topological polar surface area (TPSA) is 111 Å². The van der Waals surface area contributed by atoms with Crippen LogP contribution in [0.15, 0.2) is 47.4 Å². The SMILES string of the molecule is COCCNC(=O)CN(c1ccc(C(C)=O)cc1)S(=O)(=O)c1ccc2c(c1)OCCO2. The number of ether oxygens (including phenoxy) is 3. The van der Waals surface area contributed by atoms with Gasteiger partial charge in [0, 0.05) is 25.3 Å². The normalized spacial score (nSPS) is 12.8. The molecular weight excluding hydrogens is 424 g/mol. The van der Waals surface area contributed by atoms with Gasteiger partial charge in [-0.05, 0) is 43.3 Å². The monoisotopic (exact) mass is 448 g/mol. The molecule has 0 radical (unpaired) electrons. The van der Waals surface area contributed by atoms with Gasteiger partial charge in [0.25, 0.3) is 10.0 Å². The van der Waals surface area contributed by atoms with E-state index in [1.807, 2.05) is 0 Å². The second kappa shape index (κ2) is 9.80. The molecule has 1 heterocycles. The van der Waals surface area contributed by atoms with E-state index in [1.165, 1.54) is 56.5 Å². The first-order valence-corrected chi connectivity index (χ1v) is 11.1. The molecule has 0 fully saturated rings. The molecule has 2 aromatic rings. The van der Waals surface area contributed by atoms with Crippen molar-refractivity contribution in [3.05, 3.63) is 48.0 Å². The number of hydrogen-bond donors (Lipinski definition) is 1. The quantitative estimate of drug-likeness (QED) is 0.458. The molecule has 166 valence electrons. The van der Waals surface area contributed by atoms with Crippen LogP contribution in [0, 0.1) is 0 Å². The van der Waals surface area contributed by atoms with Gasteiger partial charge in [0.1, 0.15) is 19.8 Å². The Morgan fingerprint density at radius 2 is 1.74 bits per heavy atom. The minimum absolute atomic E-state index is 0.0444. The van der Waals surface area contributed by atoms with Gasteiger partial charge in [-0.15, -0.1) is 0 Å². The molecular formula is C21H24N2O7S. The number of methoxy groups -OCH3 is 1. The van der Waals surface area contributed by atoms with Gasteiger partial charge in [0.05, 0.1) is 17.2 Å². The van der Waals surface area contributed by atoms with Gasteiger partial charge in [-0.1, -0.05) is 0 Å². The summed E-state index contributed by atoms with van der Waals surface area (Å²) < 4.78 is 43.8. The van der Waals surface area contributed by atoms with Crippen LogP contribution in [0.2, 0.25) is 0 Å². The average Bonchev–Trinajstić information content (AvgIpc) is 2.77. The first-order chi connectivity index (χ1) is 14.8. The number of ketones is 1. The van der Waals surface area contributed by atoms with Gasteiger partial charge >= 0.3 is 0 Å². The molecule has 0 spiro atoms. The smallest absolute Gasteiger partial charge is 0.264 e. The van der Waals surface area contributed by atoms with Crippen molar-refractivity contribution < 1.29 is 32.2 Å². The number of carbonyl (C=O) groups excluding carboxylic acids is 2. The summed E-state index contributed by atoms with van der Waals surface area (Å²) in [5, 5.41) is 2.62. The van der Waals surface area contributed by atoms with Crippen molar-refractivity contribution in [1.29, 1.82) is 0 Å². The van der Waals surface area contributed by atoms with Crippen molar-refractivity contribution in [2.75, 3.05) is 44.3 Å². The van der Waals surface area contributed by atoms with E-state index in [2.05, 4.69) is 5.32 Å². The molecule has 0 saturated heterocycles. The molecule has 0 unspecified atom stereocenters. The third-order valence-electron chi connectivity index (χ3n) is 4.58. The number of fused-ring (bicyclic) bond motifs is 1. The number of anilines is 1. The molecule has 10 heteroatoms. The van der Waals surface area contributed by atoms with Crippen LogP contribution in [0.1, 0.15) is 17.3 Å². The number of amides is 1. The standard InChI is InChI=1S/C21H24N2O7S/c1-15(24)16-3-5-17(6-4-16)23(14-21(25)22-9-10-28-2)31(26,27)18-7-8-19-20(13-18)30-12-11-29-19/h3-8,13H,9-12,14H2,1-2H3,(H,22,25). The van der Waals surface area contributed by atoms with Gasteiger partial charge in [-0.3, -0.25) is 13.9 Å². The number of Topliss-reactive ketones (excluding diaryl/α,β-unsaturated/α-hetero) is 1. The van der Waals surface area contributed by atoms with E-state index in [1.54, 1.807) is 0 Å². The third kappa shape index (κ3) is 5.33. The molecule has 1 N–H and O–H groups in total. The molecule has 0 aliphatic carbocycles. The van der Waals surface area contributed by atoms with E-state index >= 15 is 0 Å². The maximum absolute atomic E-state index is 13.5. The van der Waals surface area contributed by atoms with E-state index in [0.29, 0.717) is 36.9 Å². The molecule has 9 nitrogen and oxygen atoms in total. The fourth-order valence-electron chi connectivity index (χ4n) is 2.97. The van der Waals surface area contributed by atoms with Crippen molar-refractivity contribution in [3.63, 3.8) is 0 Å². The first-order valence-electron chi connectivity index (χ1n) is 9.62. The molecule has 0 bridgehead atoms. The third-order valence-corrected chi connectivity index (χ3v) is 6.35. The number of sulfonamides is 1. The fourth-order valence-corrected chi connectivity index (χ4v) is 4.40. The van der Waals surface area contributed by atoms with Gasteiger partial charge in [-0.2, -0.15) is 0 Å². The van der Waals surface area contributed by atoms with Crippen LogP contribution in [-0.4, -0.2) is 60.1 Å². The molecule has 2 aromatic carbocycles. The number of benzene rings is 2. The van der Waals surface area contributed by atoms with Crippen molar-refractivity contribution in [2.45, 2.75) is 11.8 Å². The van der Waals surface area contributed by atoms with Crippen LogP contribution in [0.4, 0.5) is 5.69 Å². The molecule has 0 saturated carbocycles. The van der Waals surface area contributed by atoms with Crippen LogP contribution in [0.5, 0.6) is 11.5 Å². The summed E-state index contributed by atoms with van der Waals surface area (Å²) in [7, 11) is -2.62. The van der Waals surface area contributed by atoms with Crippen molar-refractivity contribution in [3.8, 4) is 11.5 Å². The van der Waals surface area contributed by atoms with Gasteiger partial charge in [-0.25, -0.2) is 8.42 Å². The Labute approximate surface area is 181 Å². The summed E-state index contributed by atoms with van der Waals surface area (Å²) in [5.41, 5.74) is 0.687. The zero-order valence-corrected chi connectivity index (χ0v) is 18.1. The second-order valence-electron chi connectivity index (χ2n) is 6.76. The predicted molar refractivity (Wildman–Crippen MR) is 113 cm³/mol. The van der Waals surface area contributed by atoms with Crippen molar-refractivity contribution in [2.24, 2.45) is 0 Å². The zero-order valence-electron chi connectivity index (χ0n) is 17.3. The van der Waals surface area contributed by atoms with Crippen LogP contribution in [0.3, 0.4) is 0 Å². The lowest BCUT2D eigenvalue weighted by Crippen LogP contribution is -2.41. The first kappa shape index (κ1) is 22.6. The highest BCUT2D eigenvalue weighted by Gasteiger charge is 2.29. The highest BCUT2D eigenvalue weighted by atomic mass is 32.2. The van der Waals surface area contributed by atoms with E-state index in [0.717, 1.165) is 4.31 Å². The van der Waals surface area contributed by atoms with E-state index in [9.17, 15) is 18.0 Å². The molecule has 0 atom stereocenters. The van der Waals surface area contributed by atoms with E-state index in [-0.39, 0.29) is 22.9 Å². The minimum atomic E-state index is -4.13. The van der Waals surface area contributed by atoms with Crippen LogP contribution in [-0.2, 0) is 19.6 Å². The Hall–Kier alpha value is -3.11. The highest BCUT2D eigenvalue weighted by Crippen LogP contribution is 2.34. The number of carbonyl (C=O) groups is 2. The maximum Gasteiger partial charge on any atom is 0.264 e. The Kier molecular flexibility index (Phi) is 7.13. The van der Waals surface area contributed by atoms with Crippen LogP contribution >= 0.6 is 0 Å². The Bertz CT molecular complexity index is 1050.